The Morgan fingerprint density at radius 3 is 2.56 bits per heavy atom. The lowest BCUT2D eigenvalue weighted by Crippen LogP contribution is -2.50. The van der Waals surface area contributed by atoms with Crippen LogP contribution in [0.3, 0.4) is 0 Å². The van der Waals surface area contributed by atoms with Gasteiger partial charge in [0.15, 0.2) is 0 Å². The van der Waals surface area contributed by atoms with E-state index < -0.39 is 5.92 Å². The lowest BCUT2D eigenvalue weighted by molar-refractivity contribution is -0.0408. The fourth-order valence-electron chi connectivity index (χ4n) is 4.36. The molecule has 1 N–H and O–H groups in total. The van der Waals surface area contributed by atoms with Gasteiger partial charge in [-0.25, -0.2) is 8.78 Å². The fraction of sp³-hybridized carbons (Fsp3) is 0.391. The van der Waals surface area contributed by atoms with Gasteiger partial charge >= 0.3 is 0 Å². The molecule has 3 aromatic heterocycles. The van der Waals surface area contributed by atoms with Crippen LogP contribution in [-0.2, 0) is 12.8 Å². The Kier molecular flexibility index (Phi) is 6.03. The molecule has 0 atom stereocenters. The molecule has 4 aromatic rings. The number of aromatic amines is 1. The van der Waals surface area contributed by atoms with Crippen molar-refractivity contribution in [3.05, 3.63) is 65.0 Å². The van der Waals surface area contributed by atoms with Crippen molar-refractivity contribution in [2.24, 2.45) is 0 Å². The summed E-state index contributed by atoms with van der Waals surface area (Å²) >= 11 is 1.72. The molecule has 5 rings (SSSR count). The monoisotopic (exact) mass is 456 g/mol. The maximum atomic E-state index is 15.0. The average Bonchev–Trinajstić information content (AvgIpc) is 3.55. The van der Waals surface area contributed by atoms with E-state index in [0.717, 1.165) is 42.6 Å². The number of nitrogens with one attached hydrogen (secondary N) is 1. The van der Waals surface area contributed by atoms with Crippen molar-refractivity contribution >= 4 is 22.2 Å². The molecule has 0 bridgehead atoms. The predicted molar refractivity (Wildman–Crippen MR) is 123 cm³/mol. The Morgan fingerprint density at radius 1 is 1.03 bits per heavy atom. The lowest BCUT2D eigenvalue weighted by Gasteiger charge is -2.36. The first-order chi connectivity index (χ1) is 15.6. The molecule has 0 saturated carbocycles. The van der Waals surface area contributed by atoms with Gasteiger partial charge in [-0.05, 0) is 52.6 Å². The summed E-state index contributed by atoms with van der Waals surface area (Å²) in [5.41, 5.74) is 3.70. The van der Waals surface area contributed by atoms with Gasteiger partial charge in [0.05, 0.1) is 6.54 Å². The van der Waals surface area contributed by atoms with E-state index in [9.17, 15) is 0 Å². The molecule has 1 fully saturated rings. The van der Waals surface area contributed by atoms with E-state index in [0.29, 0.717) is 18.7 Å². The molecular formula is C23H26F2N6S. The predicted octanol–water partition coefficient (Wildman–Crippen LogP) is 3.85. The second-order valence-electron chi connectivity index (χ2n) is 8.45. The van der Waals surface area contributed by atoms with Gasteiger partial charge in [0, 0.05) is 61.9 Å². The van der Waals surface area contributed by atoms with Gasteiger partial charge in [-0.2, -0.15) is 11.3 Å². The van der Waals surface area contributed by atoms with E-state index in [2.05, 4.69) is 36.9 Å². The van der Waals surface area contributed by atoms with Crippen molar-refractivity contribution in [3.8, 4) is 5.69 Å². The minimum atomic E-state index is -2.79. The first-order valence-corrected chi connectivity index (χ1v) is 11.8. The molecule has 168 valence electrons. The third-order valence-electron chi connectivity index (χ3n) is 6.13. The lowest BCUT2D eigenvalue weighted by atomic mass is 10.0. The van der Waals surface area contributed by atoms with Crippen molar-refractivity contribution in [1.29, 1.82) is 0 Å². The molecule has 9 heteroatoms. The van der Waals surface area contributed by atoms with Gasteiger partial charge in [0.25, 0.3) is 5.92 Å². The standard InChI is InChI=1S/C23H26F2N6S/c24-23(25,15-30-8-6-29(7-9-30)5-3-18-4-10-32-14-18)12-19-13-26-22-2-1-20(11-21(19)22)31-16-27-28-17-31/h1-2,4,10-11,13-14,16-17,26H,3,5-9,12,15H2. The number of thiophene rings is 1. The maximum Gasteiger partial charge on any atom is 0.264 e. The summed E-state index contributed by atoms with van der Waals surface area (Å²) in [5, 5.41) is 12.7. The number of fused-ring (bicyclic) bond motifs is 1. The average molecular weight is 457 g/mol. The molecule has 0 aliphatic carbocycles. The second-order valence-corrected chi connectivity index (χ2v) is 9.23. The highest BCUT2D eigenvalue weighted by Crippen LogP contribution is 2.28. The van der Waals surface area contributed by atoms with Crippen molar-refractivity contribution < 1.29 is 8.78 Å². The van der Waals surface area contributed by atoms with Crippen LogP contribution in [0.5, 0.6) is 0 Å². The Hall–Kier alpha value is -2.62. The third-order valence-corrected chi connectivity index (χ3v) is 6.87. The van der Waals surface area contributed by atoms with E-state index in [1.807, 2.05) is 23.1 Å². The van der Waals surface area contributed by atoms with Crippen LogP contribution in [0.25, 0.3) is 16.6 Å². The van der Waals surface area contributed by atoms with Crippen LogP contribution in [0.2, 0.25) is 0 Å². The topological polar surface area (TPSA) is 53.0 Å². The second kappa shape index (κ2) is 9.09. The molecule has 1 aliphatic rings. The van der Waals surface area contributed by atoms with Crippen LogP contribution >= 0.6 is 11.3 Å². The molecule has 6 nitrogen and oxygen atoms in total. The summed E-state index contributed by atoms with van der Waals surface area (Å²) in [6.07, 6.45) is 5.65. The molecule has 0 spiro atoms. The number of aromatic nitrogens is 4. The Bertz CT molecular complexity index is 1130. The summed E-state index contributed by atoms with van der Waals surface area (Å²) in [6.45, 7) is 3.84. The summed E-state index contributed by atoms with van der Waals surface area (Å²) in [4.78, 5) is 7.40. The van der Waals surface area contributed by atoms with E-state index in [4.69, 9.17) is 0 Å². The fourth-order valence-corrected chi connectivity index (χ4v) is 5.07. The number of piperazine rings is 1. The first kappa shape index (κ1) is 21.2. The van der Waals surface area contributed by atoms with Crippen LogP contribution < -0.4 is 0 Å². The number of benzene rings is 1. The van der Waals surface area contributed by atoms with Crippen LogP contribution in [0.1, 0.15) is 11.1 Å². The summed E-state index contributed by atoms with van der Waals surface area (Å²) in [6, 6.07) is 7.89. The number of H-pyrrole nitrogens is 1. The van der Waals surface area contributed by atoms with Crippen LogP contribution in [0.15, 0.2) is 53.9 Å². The molecule has 4 heterocycles. The van der Waals surface area contributed by atoms with Gasteiger partial charge in [-0.1, -0.05) is 0 Å². The molecule has 1 aliphatic heterocycles. The summed E-state index contributed by atoms with van der Waals surface area (Å²) in [7, 11) is 0. The molecular weight excluding hydrogens is 430 g/mol. The number of halogens is 2. The van der Waals surface area contributed by atoms with Crippen LogP contribution in [0, 0.1) is 0 Å². The minimum absolute atomic E-state index is 0.205. The highest BCUT2D eigenvalue weighted by atomic mass is 32.1. The van der Waals surface area contributed by atoms with E-state index in [1.54, 1.807) is 34.8 Å². The number of hydrogen-bond acceptors (Lipinski definition) is 5. The van der Waals surface area contributed by atoms with Crippen LogP contribution in [-0.4, -0.2) is 74.7 Å². The Balaban J connectivity index is 1.18. The molecule has 0 unspecified atom stereocenters. The zero-order valence-corrected chi connectivity index (χ0v) is 18.6. The van der Waals surface area contributed by atoms with Crippen molar-refractivity contribution in [3.63, 3.8) is 0 Å². The first-order valence-electron chi connectivity index (χ1n) is 10.8. The smallest absolute Gasteiger partial charge is 0.264 e. The molecule has 1 aromatic carbocycles. The zero-order valence-electron chi connectivity index (χ0n) is 17.8. The van der Waals surface area contributed by atoms with Gasteiger partial charge in [0.2, 0.25) is 0 Å². The molecule has 0 amide bonds. The van der Waals surface area contributed by atoms with Crippen molar-refractivity contribution in [2.75, 3.05) is 39.3 Å². The Morgan fingerprint density at radius 2 is 1.81 bits per heavy atom. The van der Waals surface area contributed by atoms with Gasteiger partial charge < -0.3 is 9.88 Å². The SMILES string of the molecule is FC(F)(Cc1c[nH]c2ccc(-n3cnnc3)cc12)CN1CCN(CCc2ccsc2)CC1. The number of nitrogens with zero attached hydrogens (tertiary/aromatic N) is 5. The number of hydrogen-bond donors (Lipinski definition) is 1. The third kappa shape index (κ3) is 4.90. The number of rotatable bonds is 8. The number of alkyl halides is 2. The zero-order chi connectivity index (χ0) is 22.0. The quantitative estimate of drug-likeness (QED) is 0.438. The summed E-state index contributed by atoms with van der Waals surface area (Å²) in [5.74, 6) is -2.79. The highest BCUT2D eigenvalue weighted by molar-refractivity contribution is 7.07. The van der Waals surface area contributed by atoms with Gasteiger partial charge in [0.1, 0.15) is 12.7 Å². The normalized spacial score (nSPS) is 16.2. The van der Waals surface area contributed by atoms with Crippen molar-refractivity contribution in [2.45, 2.75) is 18.8 Å². The van der Waals surface area contributed by atoms with Gasteiger partial charge in [-0.3, -0.25) is 9.47 Å². The molecule has 32 heavy (non-hydrogen) atoms. The van der Waals surface area contributed by atoms with Crippen molar-refractivity contribution in [1.82, 2.24) is 29.5 Å². The highest BCUT2D eigenvalue weighted by Gasteiger charge is 2.34. The summed E-state index contributed by atoms with van der Waals surface area (Å²) < 4.78 is 31.8. The van der Waals surface area contributed by atoms with E-state index in [1.165, 1.54) is 5.56 Å². The van der Waals surface area contributed by atoms with Gasteiger partial charge in [-0.15, -0.1) is 10.2 Å². The van der Waals surface area contributed by atoms with E-state index in [-0.39, 0.29) is 13.0 Å². The van der Waals surface area contributed by atoms with Crippen LogP contribution in [0.4, 0.5) is 8.78 Å². The minimum Gasteiger partial charge on any atom is -0.361 e. The van der Waals surface area contributed by atoms with E-state index >= 15 is 8.78 Å². The maximum absolute atomic E-state index is 15.0. The largest absolute Gasteiger partial charge is 0.361 e. The molecule has 1 saturated heterocycles. The molecule has 0 radical (unpaired) electrons. The Labute approximate surface area is 189 Å².